The van der Waals surface area contributed by atoms with Gasteiger partial charge in [0.05, 0.1) is 16.9 Å². The van der Waals surface area contributed by atoms with Crippen molar-refractivity contribution in [2.75, 3.05) is 31.5 Å². The van der Waals surface area contributed by atoms with Crippen molar-refractivity contribution in [2.24, 2.45) is 0 Å². The zero-order valence-corrected chi connectivity index (χ0v) is 17.3. The fourth-order valence-corrected chi connectivity index (χ4v) is 4.65. The molecule has 1 saturated heterocycles. The maximum atomic E-state index is 13.7. The van der Waals surface area contributed by atoms with Gasteiger partial charge in [-0.3, -0.25) is 0 Å². The van der Waals surface area contributed by atoms with Crippen molar-refractivity contribution in [1.29, 1.82) is 0 Å². The number of nitrogens with zero attached hydrogens (tertiary/aromatic N) is 3. The van der Waals surface area contributed by atoms with Gasteiger partial charge in [0.1, 0.15) is 5.82 Å². The van der Waals surface area contributed by atoms with Crippen LogP contribution in [0.5, 0.6) is 0 Å². The number of fused-ring (bicyclic) bond motifs is 1. The van der Waals surface area contributed by atoms with Gasteiger partial charge in [0, 0.05) is 23.0 Å². The second kappa shape index (κ2) is 8.19. The number of hydrogen-bond acceptors (Lipinski definition) is 3. The molecular formula is C21H26ClF3N4. The van der Waals surface area contributed by atoms with Gasteiger partial charge >= 0.3 is 6.18 Å². The smallest absolute Gasteiger partial charge is 0.370 e. The van der Waals surface area contributed by atoms with E-state index in [0.717, 1.165) is 75.6 Å². The molecule has 1 aromatic carbocycles. The molecule has 0 aliphatic carbocycles. The van der Waals surface area contributed by atoms with Gasteiger partial charge in [-0.05, 0) is 69.9 Å². The van der Waals surface area contributed by atoms with E-state index >= 15 is 0 Å². The lowest BCUT2D eigenvalue weighted by atomic mass is 9.90. The number of rotatable bonds is 3. The molecule has 2 aliphatic rings. The van der Waals surface area contributed by atoms with Crippen LogP contribution < -0.4 is 5.32 Å². The fourth-order valence-electron chi connectivity index (χ4n) is 4.47. The summed E-state index contributed by atoms with van der Waals surface area (Å²) in [7, 11) is 0. The molecule has 4 rings (SSSR count). The number of halogens is 4. The van der Waals surface area contributed by atoms with Gasteiger partial charge in [0.2, 0.25) is 0 Å². The normalized spacial score (nSPS) is 18.9. The Bertz CT molecular complexity index is 870. The number of hydrogen-bond donors (Lipinski definition) is 1. The number of alkyl halides is 3. The largest absolute Gasteiger partial charge is 0.418 e. The average molecular weight is 427 g/mol. The van der Waals surface area contributed by atoms with Crippen LogP contribution in [-0.2, 0) is 12.6 Å². The second-order valence-electron chi connectivity index (χ2n) is 7.88. The zero-order chi connectivity index (χ0) is 20.6. The summed E-state index contributed by atoms with van der Waals surface area (Å²) in [4.78, 5) is 2.41. The monoisotopic (exact) mass is 426 g/mol. The predicted octanol–water partition coefficient (Wildman–Crippen LogP) is 5.49. The molecule has 2 aromatic rings. The third-order valence-corrected chi connectivity index (χ3v) is 6.31. The number of piperidine rings is 1. The minimum Gasteiger partial charge on any atom is -0.370 e. The van der Waals surface area contributed by atoms with Gasteiger partial charge < -0.3 is 10.2 Å². The molecule has 4 nitrogen and oxygen atoms in total. The Morgan fingerprint density at radius 3 is 2.66 bits per heavy atom. The van der Waals surface area contributed by atoms with Gasteiger partial charge in [-0.1, -0.05) is 18.5 Å². The third kappa shape index (κ3) is 4.12. The summed E-state index contributed by atoms with van der Waals surface area (Å²) in [6, 6.07) is 3.91. The van der Waals surface area contributed by atoms with Crippen molar-refractivity contribution in [3.05, 3.63) is 40.0 Å². The van der Waals surface area contributed by atoms with Crippen molar-refractivity contribution in [3.63, 3.8) is 0 Å². The maximum Gasteiger partial charge on any atom is 0.418 e. The van der Waals surface area contributed by atoms with E-state index < -0.39 is 11.7 Å². The number of nitrogens with one attached hydrogen (secondary N) is 1. The Hall–Kier alpha value is -1.73. The predicted molar refractivity (Wildman–Crippen MR) is 109 cm³/mol. The Kier molecular flexibility index (Phi) is 5.80. The van der Waals surface area contributed by atoms with Crippen molar-refractivity contribution in [1.82, 2.24) is 14.7 Å². The number of likely N-dealkylation sites (tertiary alicyclic amines) is 1. The molecule has 0 bridgehead atoms. The first-order valence-corrected chi connectivity index (χ1v) is 10.7. The molecule has 8 heteroatoms. The van der Waals surface area contributed by atoms with Crippen LogP contribution in [0.25, 0.3) is 5.69 Å². The average Bonchev–Trinajstić information content (AvgIpc) is 2.88. The van der Waals surface area contributed by atoms with E-state index in [9.17, 15) is 13.2 Å². The van der Waals surface area contributed by atoms with Crippen LogP contribution in [0.4, 0.5) is 19.0 Å². The summed E-state index contributed by atoms with van der Waals surface area (Å²) >= 11 is 5.88. The molecule has 158 valence electrons. The van der Waals surface area contributed by atoms with Crippen molar-refractivity contribution in [3.8, 4) is 5.69 Å². The van der Waals surface area contributed by atoms with Crippen LogP contribution in [0, 0.1) is 0 Å². The Balaban J connectivity index is 1.81. The van der Waals surface area contributed by atoms with Crippen molar-refractivity contribution < 1.29 is 13.2 Å². The first-order chi connectivity index (χ1) is 13.9. The molecule has 1 N–H and O–H groups in total. The Morgan fingerprint density at radius 1 is 1.21 bits per heavy atom. The molecule has 1 fully saturated rings. The summed E-state index contributed by atoms with van der Waals surface area (Å²) in [5.74, 6) is 0.998. The summed E-state index contributed by atoms with van der Waals surface area (Å²) in [6.45, 7) is 5.93. The number of benzene rings is 1. The molecule has 0 atom stereocenters. The Morgan fingerprint density at radius 2 is 1.97 bits per heavy atom. The minimum atomic E-state index is -4.50. The SMILES string of the molecule is CCN1CCC(c2nn(-c3ccc(Cl)cc3C(F)(F)F)c3c2CCCCN3)CC1. The minimum absolute atomic E-state index is 0.0322. The van der Waals surface area contributed by atoms with E-state index in [1.165, 1.54) is 16.8 Å². The highest BCUT2D eigenvalue weighted by Gasteiger charge is 2.36. The van der Waals surface area contributed by atoms with Crippen LogP contribution in [0.1, 0.15) is 55.3 Å². The first kappa shape index (κ1) is 20.5. The van der Waals surface area contributed by atoms with Crippen molar-refractivity contribution >= 4 is 17.4 Å². The second-order valence-corrected chi connectivity index (χ2v) is 8.31. The molecule has 29 heavy (non-hydrogen) atoms. The fraction of sp³-hybridized carbons (Fsp3) is 0.571. The van der Waals surface area contributed by atoms with Gasteiger partial charge in [-0.2, -0.15) is 18.3 Å². The van der Waals surface area contributed by atoms with E-state index in [-0.39, 0.29) is 16.6 Å². The lowest BCUT2D eigenvalue weighted by molar-refractivity contribution is -0.137. The first-order valence-electron chi connectivity index (χ1n) is 10.3. The van der Waals surface area contributed by atoms with Crippen LogP contribution >= 0.6 is 11.6 Å². The van der Waals surface area contributed by atoms with E-state index in [0.29, 0.717) is 5.82 Å². The lowest BCUT2D eigenvalue weighted by Crippen LogP contribution is -2.33. The quantitative estimate of drug-likeness (QED) is 0.704. The van der Waals surface area contributed by atoms with Gasteiger partial charge in [-0.15, -0.1) is 0 Å². The Labute approximate surface area is 174 Å². The summed E-state index contributed by atoms with van der Waals surface area (Å²) < 4.78 is 42.7. The van der Waals surface area contributed by atoms with Crippen LogP contribution in [-0.4, -0.2) is 40.9 Å². The molecule has 0 amide bonds. The summed E-state index contributed by atoms with van der Waals surface area (Å²) in [5, 5.41) is 8.20. The van der Waals surface area contributed by atoms with Crippen LogP contribution in [0.15, 0.2) is 18.2 Å². The number of aromatic nitrogens is 2. The highest BCUT2D eigenvalue weighted by molar-refractivity contribution is 6.30. The van der Waals surface area contributed by atoms with Gasteiger partial charge in [0.15, 0.2) is 0 Å². The van der Waals surface area contributed by atoms with E-state index in [4.69, 9.17) is 16.7 Å². The lowest BCUT2D eigenvalue weighted by Gasteiger charge is -2.30. The maximum absolute atomic E-state index is 13.7. The molecule has 2 aliphatic heterocycles. The molecular weight excluding hydrogens is 401 g/mol. The van der Waals surface area contributed by atoms with Crippen LogP contribution in [0.3, 0.4) is 0 Å². The number of anilines is 1. The topological polar surface area (TPSA) is 33.1 Å². The molecule has 0 saturated carbocycles. The molecule has 1 aromatic heterocycles. The zero-order valence-electron chi connectivity index (χ0n) is 16.5. The van der Waals surface area contributed by atoms with Crippen molar-refractivity contribution in [2.45, 2.75) is 51.1 Å². The van der Waals surface area contributed by atoms with E-state index in [1.807, 2.05) is 0 Å². The summed E-state index contributed by atoms with van der Waals surface area (Å²) in [6.07, 6.45) is 0.333. The molecule has 0 radical (unpaired) electrons. The highest BCUT2D eigenvalue weighted by Crippen LogP contribution is 2.40. The third-order valence-electron chi connectivity index (χ3n) is 6.07. The molecule has 0 unspecified atom stereocenters. The molecule has 0 spiro atoms. The summed E-state index contributed by atoms with van der Waals surface area (Å²) in [5.41, 5.74) is 1.33. The van der Waals surface area contributed by atoms with Crippen LogP contribution in [0.2, 0.25) is 5.02 Å². The highest BCUT2D eigenvalue weighted by atomic mass is 35.5. The van der Waals surface area contributed by atoms with Gasteiger partial charge in [-0.25, -0.2) is 4.68 Å². The standard InChI is InChI=1S/C21H26ClF3N4/c1-2-28-11-8-14(9-12-28)19-16-5-3-4-10-26-20(16)29(27-19)18-7-6-15(22)13-17(18)21(23,24)25/h6-7,13-14,26H,2-5,8-12H2,1H3. The van der Waals surface area contributed by atoms with E-state index in [2.05, 4.69) is 17.1 Å². The van der Waals surface area contributed by atoms with Gasteiger partial charge in [0.25, 0.3) is 0 Å². The molecule has 3 heterocycles. The van der Waals surface area contributed by atoms with E-state index in [1.54, 1.807) is 0 Å².